The minimum atomic E-state index is -4.17. The lowest BCUT2D eigenvalue weighted by Gasteiger charge is -2.32. The predicted octanol–water partition coefficient (Wildman–Crippen LogP) is 4.88. The molecule has 10 heteroatoms. The number of amides is 2. The normalized spacial score (nSPS) is 11.9. The quantitative estimate of drug-likeness (QED) is 0.315. The highest BCUT2D eigenvalue weighted by atomic mass is 35.5. The number of sulfonamides is 1. The summed E-state index contributed by atoms with van der Waals surface area (Å²) in [5, 5.41) is 3.21. The summed E-state index contributed by atoms with van der Waals surface area (Å²) < 4.78 is 34.2. The van der Waals surface area contributed by atoms with E-state index in [-0.39, 0.29) is 23.0 Å². The number of carbonyl (C=O) groups is 2. The highest BCUT2D eigenvalue weighted by molar-refractivity contribution is 7.92. The standard InChI is InChI=1S/C29H34ClN3O5S/c1-4-19-31-29(35)22(3)32(20-23-9-7-6-8-10-23)28(34)21-33(25-13-15-26(16-14-25)38-5-2)39(36,37)27-17-11-24(30)12-18-27/h6-18,22H,4-5,19-21H2,1-3H3,(H,31,35). The molecular weight excluding hydrogens is 538 g/mol. The van der Waals surface area contributed by atoms with Crippen molar-refractivity contribution in [3.8, 4) is 5.75 Å². The molecule has 0 heterocycles. The van der Waals surface area contributed by atoms with Crippen molar-refractivity contribution < 1.29 is 22.7 Å². The topological polar surface area (TPSA) is 96.0 Å². The molecule has 8 nitrogen and oxygen atoms in total. The first kappa shape index (κ1) is 30.0. The molecule has 1 N–H and O–H groups in total. The Hall–Kier alpha value is -3.56. The minimum Gasteiger partial charge on any atom is -0.494 e. The average Bonchev–Trinajstić information content (AvgIpc) is 2.94. The van der Waals surface area contributed by atoms with Gasteiger partial charge in [-0.25, -0.2) is 8.42 Å². The van der Waals surface area contributed by atoms with Crippen LogP contribution in [0.2, 0.25) is 5.02 Å². The maximum Gasteiger partial charge on any atom is 0.264 e. The van der Waals surface area contributed by atoms with Gasteiger partial charge in [0.15, 0.2) is 0 Å². The Balaban J connectivity index is 2.00. The summed E-state index contributed by atoms with van der Waals surface area (Å²) in [5.41, 5.74) is 1.10. The van der Waals surface area contributed by atoms with Crippen molar-refractivity contribution in [2.24, 2.45) is 0 Å². The fourth-order valence-electron chi connectivity index (χ4n) is 3.90. The van der Waals surface area contributed by atoms with E-state index in [0.29, 0.717) is 23.9 Å². The van der Waals surface area contributed by atoms with Crippen molar-refractivity contribution >= 4 is 39.1 Å². The van der Waals surface area contributed by atoms with Gasteiger partial charge in [0.2, 0.25) is 11.8 Å². The fourth-order valence-corrected chi connectivity index (χ4v) is 5.44. The van der Waals surface area contributed by atoms with Gasteiger partial charge in [-0.05, 0) is 74.4 Å². The number of benzene rings is 3. The Labute approximate surface area is 235 Å². The van der Waals surface area contributed by atoms with Crippen LogP contribution in [0.4, 0.5) is 5.69 Å². The lowest BCUT2D eigenvalue weighted by molar-refractivity contribution is -0.139. The van der Waals surface area contributed by atoms with Gasteiger partial charge >= 0.3 is 0 Å². The van der Waals surface area contributed by atoms with Gasteiger partial charge in [0.25, 0.3) is 10.0 Å². The van der Waals surface area contributed by atoms with Gasteiger partial charge in [0.05, 0.1) is 17.2 Å². The summed E-state index contributed by atoms with van der Waals surface area (Å²) in [7, 11) is -4.17. The molecule has 3 aromatic carbocycles. The van der Waals surface area contributed by atoms with Crippen LogP contribution in [0, 0.1) is 0 Å². The summed E-state index contributed by atoms with van der Waals surface area (Å²) in [6.07, 6.45) is 0.746. The highest BCUT2D eigenvalue weighted by Crippen LogP contribution is 2.27. The first-order valence-electron chi connectivity index (χ1n) is 12.8. The zero-order valence-electron chi connectivity index (χ0n) is 22.3. The van der Waals surface area contributed by atoms with Crippen molar-refractivity contribution in [2.75, 3.05) is 24.0 Å². The first-order chi connectivity index (χ1) is 18.7. The van der Waals surface area contributed by atoms with Crippen molar-refractivity contribution in [1.82, 2.24) is 10.2 Å². The van der Waals surface area contributed by atoms with Crippen molar-refractivity contribution in [3.63, 3.8) is 0 Å². The summed E-state index contributed by atoms with van der Waals surface area (Å²) in [6, 6.07) is 20.7. The molecular formula is C29H34ClN3O5S. The maximum absolute atomic E-state index is 13.8. The molecule has 2 amide bonds. The van der Waals surface area contributed by atoms with E-state index in [1.165, 1.54) is 29.2 Å². The van der Waals surface area contributed by atoms with Crippen LogP contribution in [0.5, 0.6) is 5.75 Å². The van der Waals surface area contributed by atoms with Crippen LogP contribution in [-0.2, 0) is 26.2 Å². The molecule has 0 aliphatic rings. The van der Waals surface area contributed by atoms with Gasteiger partial charge in [0.1, 0.15) is 18.3 Å². The van der Waals surface area contributed by atoms with Gasteiger partial charge in [-0.15, -0.1) is 0 Å². The largest absolute Gasteiger partial charge is 0.494 e. The number of ether oxygens (including phenoxy) is 1. The number of halogens is 1. The van der Waals surface area contributed by atoms with Crippen molar-refractivity contribution in [2.45, 2.75) is 44.7 Å². The van der Waals surface area contributed by atoms with Crippen LogP contribution in [0.1, 0.15) is 32.8 Å². The summed E-state index contributed by atoms with van der Waals surface area (Å²) in [5.74, 6) is -0.262. The molecule has 0 aliphatic heterocycles. The van der Waals surface area contributed by atoms with Crippen LogP contribution >= 0.6 is 11.6 Å². The number of rotatable bonds is 13. The summed E-state index contributed by atoms with van der Waals surface area (Å²) >= 11 is 5.99. The number of carbonyl (C=O) groups excluding carboxylic acids is 2. The van der Waals surface area contributed by atoms with E-state index in [0.717, 1.165) is 16.3 Å². The Kier molecular flexibility index (Phi) is 10.8. The second-order valence-corrected chi connectivity index (χ2v) is 11.2. The van der Waals surface area contributed by atoms with E-state index in [9.17, 15) is 18.0 Å². The predicted molar refractivity (Wildman–Crippen MR) is 153 cm³/mol. The molecule has 1 atom stereocenters. The molecule has 0 aromatic heterocycles. The van der Waals surface area contributed by atoms with Crippen molar-refractivity contribution in [3.05, 3.63) is 89.4 Å². The molecule has 0 radical (unpaired) electrons. The number of anilines is 1. The fraction of sp³-hybridized carbons (Fsp3) is 0.310. The van der Waals surface area contributed by atoms with Gasteiger partial charge in [-0.1, -0.05) is 48.9 Å². The van der Waals surface area contributed by atoms with E-state index in [4.69, 9.17) is 16.3 Å². The lowest BCUT2D eigenvalue weighted by Crippen LogP contribution is -2.51. The van der Waals surface area contributed by atoms with Crippen molar-refractivity contribution in [1.29, 1.82) is 0 Å². The Morgan fingerprint density at radius 2 is 1.59 bits per heavy atom. The Morgan fingerprint density at radius 1 is 0.949 bits per heavy atom. The van der Waals surface area contributed by atoms with E-state index < -0.39 is 28.5 Å². The molecule has 0 fully saturated rings. The highest BCUT2D eigenvalue weighted by Gasteiger charge is 2.32. The van der Waals surface area contributed by atoms with Gasteiger partial charge in [-0.3, -0.25) is 13.9 Å². The maximum atomic E-state index is 13.8. The summed E-state index contributed by atoms with van der Waals surface area (Å²) in [4.78, 5) is 28.1. The SMILES string of the molecule is CCCNC(=O)C(C)N(Cc1ccccc1)C(=O)CN(c1ccc(OCC)cc1)S(=O)(=O)c1ccc(Cl)cc1. The third-order valence-corrected chi connectivity index (χ3v) is 8.07. The average molecular weight is 572 g/mol. The molecule has 0 saturated heterocycles. The second-order valence-electron chi connectivity index (χ2n) is 8.87. The van der Waals surface area contributed by atoms with Crippen LogP contribution in [0.15, 0.2) is 83.8 Å². The van der Waals surface area contributed by atoms with Gasteiger partial charge in [0, 0.05) is 18.1 Å². The minimum absolute atomic E-state index is 0.0167. The van der Waals surface area contributed by atoms with E-state index in [2.05, 4.69) is 5.32 Å². The second kappa shape index (κ2) is 14.0. The van der Waals surface area contributed by atoms with Gasteiger partial charge in [-0.2, -0.15) is 0 Å². The summed E-state index contributed by atoms with van der Waals surface area (Å²) in [6.45, 7) is 5.98. The third-order valence-electron chi connectivity index (χ3n) is 6.03. The number of nitrogens with one attached hydrogen (secondary N) is 1. The van der Waals surface area contributed by atoms with E-state index in [1.54, 1.807) is 31.2 Å². The number of nitrogens with zero attached hydrogens (tertiary/aromatic N) is 2. The van der Waals surface area contributed by atoms with Crippen LogP contribution in [0.3, 0.4) is 0 Å². The van der Waals surface area contributed by atoms with E-state index >= 15 is 0 Å². The molecule has 3 aromatic rings. The van der Waals surface area contributed by atoms with Gasteiger partial charge < -0.3 is 15.0 Å². The molecule has 39 heavy (non-hydrogen) atoms. The first-order valence-corrected chi connectivity index (χ1v) is 14.6. The molecule has 208 valence electrons. The van der Waals surface area contributed by atoms with Crippen LogP contribution in [0.25, 0.3) is 0 Å². The number of hydrogen-bond acceptors (Lipinski definition) is 5. The van der Waals surface area contributed by atoms with Crippen LogP contribution in [-0.4, -0.2) is 50.9 Å². The molecule has 0 spiro atoms. The van der Waals surface area contributed by atoms with Crippen LogP contribution < -0.4 is 14.4 Å². The Bertz CT molecular complexity index is 1330. The molecule has 3 rings (SSSR count). The van der Waals surface area contributed by atoms with E-state index in [1.807, 2.05) is 44.2 Å². The molecule has 0 aliphatic carbocycles. The Morgan fingerprint density at radius 3 is 2.18 bits per heavy atom. The molecule has 0 saturated carbocycles. The smallest absolute Gasteiger partial charge is 0.264 e. The lowest BCUT2D eigenvalue weighted by atomic mass is 10.1. The zero-order valence-corrected chi connectivity index (χ0v) is 23.9. The zero-order chi connectivity index (χ0) is 28.4. The molecule has 0 bridgehead atoms. The third kappa shape index (κ3) is 7.97. The monoisotopic (exact) mass is 571 g/mol. The molecule has 1 unspecified atom stereocenters. The number of hydrogen-bond donors (Lipinski definition) is 1.